The number of aliphatic hydroxyl groups is 1. The molecule has 0 saturated heterocycles. The second-order valence-corrected chi connectivity index (χ2v) is 7.35. The first kappa shape index (κ1) is 17.1. The van der Waals surface area contributed by atoms with Gasteiger partial charge in [-0.2, -0.15) is 4.31 Å². The topological polar surface area (TPSA) is 57.6 Å². The van der Waals surface area contributed by atoms with E-state index in [0.717, 1.165) is 22.3 Å². The molecule has 0 aliphatic carbocycles. The summed E-state index contributed by atoms with van der Waals surface area (Å²) >= 11 is 0. The summed E-state index contributed by atoms with van der Waals surface area (Å²) in [7, 11) is -3.60. The molecular weight excluding hydrogens is 274 g/mol. The lowest BCUT2D eigenvalue weighted by Crippen LogP contribution is -2.39. The summed E-state index contributed by atoms with van der Waals surface area (Å²) in [6.07, 6.45) is 0. The Morgan fingerprint density at radius 1 is 1.10 bits per heavy atom. The maximum atomic E-state index is 12.9. The molecule has 0 heterocycles. The van der Waals surface area contributed by atoms with Gasteiger partial charge in [0.05, 0.1) is 11.5 Å². The minimum atomic E-state index is -3.60. The van der Waals surface area contributed by atoms with Crippen LogP contribution in [-0.4, -0.2) is 37.0 Å². The Labute approximate surface area is 122 Å². The third kappa shape index (κ3) is 3.05. The van der Waals surface area contributed by atoms with E-state index in [-0.39, 0.29) is 19.2 Å². The van der Waals surface area contributed by atoms with Crippen LogP contribution in [0.3, 0.4) is 0 Å². The molecule has 0 unspecified atom stereocenters. The molecule has 0 aliphatic heterocycles. The molecule has 1 aromatic carbocycles. The van der Waals surface area contributed by atoms with E-state index < -0.39 is 10.0 Å². The van der Waals surface area contributed by atoms with Gasteiger partial charge in [-0.25, -0.2) is 8.42 Å². The minimum absolute atomic E-state index is 0.117. The van der Waals surface area contributed by atoms with Crippen molar-refractivity contribution in [1.82, 2.24) is 4.31 Å². The van der Waals surface area contributed by atoms with Crippen LogP contribution in [0, 0.1) is 27.7 Å². The molecule has 0 spiro atoms. The second-order valence-electron chi connectivity index (χ2n) is 5.52. The second kappa shape index (κ2) is 6.24. The first-order valence-electron chi connectivity index (χ1n) is 6.84. The van der Waals surface area contributed by atoms with Crippen molar-refractivity contribution in [1.29, 1.82) is 0 Å². The molecular formula is C15H25NO3S. The van der Waals surface area contributed by atoms with Gasteiger partial charge >= 0.3 is 0 Å². The largest absolute Gasteiger partial charge is 0.395 e. The Balaban J connectivity index is 3.57. The molecule has 1 rings (SSSR count). The molecule has 20 heavy (non-hydrogen) atoms. The summed E-state index contributed by atoms with van der Waals surface area (Å²) in [6, 6.07) is 1.82. The molecule has 4 nitrogen and oxygen atoms in total. The third-order valence-corrected chi connectivity index (χ3v) is 6.11. The highest BCUT2D eigenvalue weighted by Gasteiger charge is 2.30. The van der Waals surface area contributed by atoms with E-state index in [4.69, 9.17) is 5.11 Å². The van der Waals surface area contributed by atoms with Gasteiger partial charge in [-0.05, 0) is 63.8 Å². The lowest BCUT2D eigenvalue weighted by Gasteiger charge is -2.27. The summed E-state index contributed by atoms with van der Waals surface area (Å²) in [5.74, 6) is 0. The number of aliphatic hydroxyl groups excluding tert-OH is 1. The molecule has 0 fully saturated rings. The van der Waals surface area contributed by atoms with Crippen LogP contribution in [0.1, 0.15) is 36.1 Å². The quantitative estimate of drug-likeness (QED) is 0.907. The fraction of sp³-hybridized carbons (Fsp3) is 0.600. The highest BCUT2D eigenvalue weighted by Crippen LogP contribution is 2.29. The molecule has 114 valence electrons. The van der Waals surface area contributed by atoms with Gasteiger partial charge < -0.3 is 5.11 Å². The van der Waals surface area contributed by atoms with Gasteiger partial charge in [-0.3, -0.25) is 0 Å². The predicted molar refractivity (Wildman–Crippen MR) is 81.5 cm³/mol. The van der Waals surface area contributed by atoms with Crippen molar-refractivity contribution >= 4 is 10.0 Å². The van der Waals surface area contributed by atoms with Crippen LogP contribution in [0.4, 0.5) is 0 Å². The van der Waals surface area contributed by atoms with Gasteiger partial charge in [0, 0.05) is 12.6 Å². The Kier molecular flexibility index (Phi) is 5.35. The van der Waals surface area contributed by atoms with E-state index in [1.807, 2.05) is 47.6 Å². The Bertz CT molecular complexity index is 565. The molecule has 0 bridgehead atoms. The van der Waals surface area contributed by atoms with Gasteiger partial charge in [0.2, 0.25) is 10.0 Å². The number of benzene rings is 1. The van der Waals surface area contributed by atoms with Crippen molar-refractivity contribution in [3.05, 3.63) is 28.3 Å². The smallest absolute Gasteiger partial charge is 0.243 e. The molecule has 0 radical (unpaired) electrons. The van der Waals surface area contributed by atoms with E-state index in [1.165, 1.54) is 4.31 Å². The number of rotatable bonds is 5. The number of aryl methyl sites for hydroxylation is 2. The molecule has 0 atom stereocenters. The van der Waals surface area contributed by atoms with Crippen molar-refractivity contribution in [3.8, 4) is 0 Å². The summed E-state index contributed by atoms with van der Waals surface area (Å²) in [4.78, 5) is 0.386. The van der Waals surface area contributed by atoms with Gasteiger partial charge in [-0.15, -0.1) is 0 Å². The molecule has 0 aliphatic rings. The minimum Gasteiger partial charge on any atom is -0.395 e. The Morgan fingerprint density at radius 3 is 1.90 bits per heavy atom. The van der Waals surface area contributed by atoms with Crippen LogP contribution in [0.15, 0.2) is 11.0 Å². The van der Waals surface area contributed by atoms with Crippen molar-refractivity contribution in [2.75, 3.05) is 13.2 Å². The van der Waals surface area contributed by atoms with Gasteiger partial charge in [0.15, 0.2) is 0 Å². The third-order valence-electron chi connectivity index (χ3n) is 3.76. The zero-order chi connectivity index (χ0) is 15.7. The maximum Gasteiger partial charge on any atom is 0.243 e. The average molecular weight is 299 g/mol. The first-order chi connectivity index (χ1) is 9.14. The van der Waals surface area contributed by atoms with E-state index >= 15 is 0 Å². The molecule has 0 saturated carbocycles. The van der Waals surface area contributed by atoms with Crippen LogP contribution < -0.4 is 0 Å². The Hall–Kier alpha value is -0.910. The first-order valence-corrected chi connectivity index (χ1v) is 8.28. The highest BCUT2D eigenvalue weighted by molar-refractivity contribution is 7.89. The molecule has 0 amide bonds. The summed E-state index contributed by atoms with van der Waals surface area (Å²) in [6.45, 7) is 11.1. The molecule has 1 aromatic rings. The standard InChI is InChI=1S/C15H25NO3S/c1-10(2)16(7-8-17)20(18,19)15-13(5)11(3)9-12(4)14(15)6/h9-10,17H,7-8H2,1-6H3. The van der Waals surface area contributed by atoms with Crippen molar-refractivity contribution in [2.24, 2.45) is 0 Å². The van der Waals surface area contributed by atoms with Crippen LogP contribution >= 0.6 is 0 Å². The molecule has 0 aromatic heterocycles. The summed E-state index contributed by atoms with van der Waals surface area (Å²) in [5.41, 5.74) is 3.52. The van der Waals surface area contributed by atoms with E-state index in [0.29, 0.717) is 4.90 Å². The molecule has 1 N–H and O–H groups in total. The van der Waals surface area contributed by atoms with Gasteiger partial charge in [0.1, 0.15) is 0 Å². The highest BCUT2D eigenvalue weighted by atomic mass is 32.2. The zero-order valence-corrected chi connectivity index (χ0v) is 14.0. The van der Waals surface area contributed by atoms with Crippen molar-refractivity contribution in [2.45, 2.75) is 52.5 Å². The van der Waals surface area contributed by atoms with Crippen LogP contribution in [0.5, 0.6) is 0 Å². The number of hydrogen-bond donors (Lipinski definition) is 1. The SMILES string of the molecule is Cc1cc(C)c(C)c(S(=O)(=O)N(CCO)C(C)C)c1C. The monoisotopic (exact) mass is 299 g/mol. The number of nitrogens with zero attached hydrogens (tertiary/aromatic N) is 1. The van der Waals surface area contributed by atoms with Crippen LogP contribution in [0.25, 0.3) is 0 Å². The van der Waals surface area contributed by atoms with Gasteiger partial charge in [0.25, 0.3) is 0 Å². The fourth-order valence-corrected chi connectivity index (χ4v) is 4.65. The average Bonchev–Trinajstić information content (AvgIpc) is 2.32. The van der Waals surface area contributed by atoms with E-state index in [1.54, 1.807) is 0 Å². The normalized spacial score (nSPS) is 12.4. The number of sulfonamides is 1. The predicted octanol–water partition coefficient (Wildman–Crippen LogP) is 2.31. The maximum absolute atomic E-state index is 12.9. The van der Waals surface area contributed by atoms with Crippen molar-refractivity contribution < 1.29 is 13.5 Å². The zero-order valence-electron chi connectivity index (χ0n) is 13.2. The fourth-order valence-electron chi connectivity index (χ4n) is 2.44. The molecule has 5 heteroatoms. The number of hydrogen-bond acceptors (Lipinski definition) is 3. The van der Waals surface area contributed by atoms with Gasteiger partial charge in [-0.1, -0.05) is 6.07 Å². The van der Waals surface area contributed by atoms with Crippen LogP contribution in [0.2, 0.25) is 0 Å². The van der Waals surface area contributed by atoms with E-state index in [2.05, 4.69) is 0 Å². The summed E-state index contributed by atoms with van der Waals surface area (Å²) in [5, 5.41) is 9.14. The lowest BCUT2D eigenvalue weighted by atomic mass is 10.0. The van der Waals surface area contributed by atoms with Crippen molar-refractivity contribution in [3.63, 3.8) is 0 Å². The Morgan fingerprint density at radius 2 is 1.55 bits per heavy atom. The lowest BCUT2D eigenvalue weighted by molar-refractivity contribution is 0.236. The summed E-state index contributed by atoms with van der Waals surface area (Å²) < 4.78 is 27.2. The van der Waals surface area contributed by atoms with E-state index in [9.17, 15) is 8.42 Å². The van der Waals surface area contributed by atoms with Crippen LogP contribution in [-0.2, 0) is 10.0 Å².